The minimum atomic E-state index is -4.52. The number of hydrogen-bond donors (Lipinski definition) is 1. The summed E-state index contributed by atoms with van der Waals surface area (Å²) in [5.74, 6) is 0.109. The van der Waals surface area contributed by atoms with Gasteiger partial charge in [0, 0.05) is 49.9 Å². The van der Waals surface area contributed by atoms with Gasteiger partial charge in [0.05, 0.1) is 10.5 Å². The summed E-state index contributed by atoms with van der Waals surface area (Å²) < 4.78 is 65.0. The number of pyridine rings is 1. The van der Waals surface area contributed by atoms with E-state index in [4.69, 9.17) is 0 Å². The Morgan fingerprint density at radius 1 is 0.968 bits per heavy atom. The molecule has 0 unspecified atom stereocenters. The average Bonchev–Trinajstić information content (AvgIpc) is 2.76. The summed E-state index contributed by atoms with van der Waals surface area (Å²) in [5.41, 5.74) is 0.328. The molecular weight excluding hydrogens is 431 g/mol. The molecule has 31 heavy (non-hydrogen) atoms. The van der Waals surface area contributed by atoms with Crippen molar-refractivity contribution in [1.29, 1.82) is 0 Å². The molecule has 1 fully saturated rings. The third-order valence-corrected chi connectivity index (χ3v) is 7.29. The first kappa shape index (κ1) is 21.5. The van der Waals surface area contributed by atoms with Crippen molar-refractivity contribution in [3.8, 4) is 5.75 Å². The van der Waals surface area contributed by atoms with E-state index in [1.807, 2.05) is 23.1 Å². The molecule has 1 aromatic heterocycles. The topological polar surface area (TPSA) is 73.7 Å². The number of aromatic hydroxyl groups is 1. The highest BCUT2D eigenvalue weighted by atomic mass is 32.2. The van der Waals surface area contributed by atoms with Crippen LogP contribution in [0.3, 0.4) is 0 Å². The van der Waals surface area contributed by atoms with E-state index >= 15 is 0 Å². The van der Waals surface area contributed by atoms with Gasteiger partial charge in [-0.15, -0.1) is 0 Å². The predicted molar refractivity (Wildman–Crippen MR) is 109 cm³/mol. The maximum atomic E-state index is 12.8. The molecule has 0 bridgehead atoms. The zero-order valence-corrected chi connectivity index (χ0v) is 17.2. The summed E-state index contributed by atoms with van der Waals surface area (Å²) in [6.45, 7) is 1.71. The number of halogens is 3. The molecule has 0 atom stereocenters. The van der Waals surface area contributed by atoms with Gasteiger partial charge in [0.25, 0.3) is 0 Å². The van der Waals surface area contributed by atoms with Crippen molar-refractivity contribution >= 4 is 20.9 Å². The molecule has 0 saturated carbocycles. The van der Waals surface area contributed by atoms with Crippen LogP contribution in [0.15, 0.2) is 59.6 Å². The van der Waals surface area contributed by atoms with E-state index < -0.39 is 21.8 Å². The number of fused-ring (bicyclic) bond motifs is 1. The second-order valence-electron chi connectivity index (χ2n) is 7.35. The second kappa shape index (κ2) is 8.10. The first-order valence-electron chi connectivity index (χ1n) is 9.61. The van der Waals surface area contributed by atoms with Crippen LogP contribution in [0.25, 0.3) is 10.9 Å². The summed E-state index contributed by atoms with van der Waals surface area (Å²) in [6, 6.07) is 10.9. The normalized spacial score (nSPS) is 16.6. The monoisotopic (exact) mass is 451 g/mol. The summed E-state index contributed by atoms with van der Waals surface area (Å²) in [6.07, 6.45) is -2.91. The zero-order chi connectivity index (χ0) is 22.2. The number of piperazine rings is 1. The molecule has 3 aromatic rings. The largest absolute Gasteiger partial charge is 0.505 e. The number of phenolic OH excluding ortho intramolecular Hbond substituents is 1. The molecule has 1 saturated heterocycles. The highest BCUT2D eigenvalue weighted by Gasteiger charge is 2.32. The molecule has 2 heterocycles. The SMILES string of the molecule is O=S(=O)(c1ccc(C(F)(F)F)cc1)N1CCN(Cc2ccc3cccnc3c2O)CC1. The average molecular weight is 451 g/mol. The molecule has 1 aliphatic rings. The van der Waals surface area contributed by atoms with Gasteiger partial charge in [-0.05, 0) is 30.3 Å². The Morgan fingerprint density at radius 3 is 2.29 bits per heavy atom. The van der Waals surface area contributed by atoms with Crippen LogP contribution in [-0.4, -0.2) is 53.9 Å². The van der Waals surface area contributed by atoms with E-state index in [1.54, 1.807) is 12.3 Å². The van der Waals surface area contributed by atoms with Crippen molar-refractivity contribution in [1.82, 2.24) is 14.2 Å². The zero-order valence-electron chi connectivity index (χ0n) is 16.4. The molecule has 4 rings (SSSR count). The summed E-state index contributed by atoms with van der Waals surface area (Å²) in [7, 11) is -3.88. The second-order valence-corrected chi connectivity index (χ2v) is 9.29. The van der Waals surface area contributed by atoms with Gasteiger partial charge in [0.15, 0.2) is 0 Å². The quantitative estimate of drug-likeness (QED) is 0.658. The Kier molecular flexibility index (Phi) is 5.63. The molecule has 6 nitrogen and oxygen atoms in total. The van der Waals surface area contributed by atoms with Gasteiger partial charge in [0.1, 0.15) is 11.3 Å². The Morgan fingerprint density at radius 2 is 1.65 bits per heavy atom. The van der Waals surface area contributed by atoms with Crippen LogP contribution in [0.4, 0.5) is 13.2 Å². The van der Waals surface area contributed by atoms with Crippen LogP contribution in [0.5, 0.6) is 5.75 Å². The smallest absolute Gasteiger partial charge is 0.416 e. The number of nitrogens with zero attached hydrogens (tertiary/aromatic N) is 3. The van der Waals surface area contributed by atoms with E-state index in [2.05, 4.69) is 4.98 Å². The van der Waals surface area contributed by atoms with Crippen LogP contribution >= 0.6 is 0 Å². The van der Waals surface area contributed by atoms with Crippen LogP contribution in [0.2, 0.25) is 0 Å². The lowest BCUT2D eigenvalue weighted by atomic mass is 10.1. The fourth-order valence-electron chi connectivity index (χ4n) is 3.63. The molecular formula is C21H20F3N3O3S. The fraction of sp³-hybridized carbons (Fsp3) is 0.286. The van der Waals surface area contributed by atoms with Crippen LogP contribution in [-0.2, 0) is 22.7 Å². The van der Waals surface area contributed by atoms with E-state index in [9.17, 15) is 26.7 Å². The van der Waals surface area contributed by atoms with E-state index in [1.165, 1.54) is 4.31 Å². The lowest BCUT2D eigenvalue weighted by molar-refractivity contribution is -0.137. The fourth-order valence-corrected chi connectivity index (χ4v) is 5.06. The van der Waals surface area contributed by atoms with Crippen molar-refractivity contribution in [2.75, 3.05) is 26.2 Å². The van der Waals surface area contributed by atoms with Gasteiger partial charge < -0.3 is 5.11 Å². The number of benzene rings is 2. The Hall–Kier alpha value is -2.69. The number of aromatic nitrogens is 1. The third-order valence-electron chi connectivity index (χ3n) is 5.38. The van der Waals surface area contributed by atoms with Gasteiger partial charge in [-0.25, -0.2) is 8.42 Å². The molecule has 0 spiro atoms. The first-order valence-corrected chi connectivity index (χ1v) is 11.1. The Balaban J connectivity index is 1.43. The van der Waals surface area contributed by atoms with Gasteiger partial charge in [-0.3, -0.25) is 9.88 Å². The molecule has 0 amide bonds. The minimum absolute atomic E-state index is 0.109. The Labute approximate surface area is 177 Å². The standard InChI is InChI=1S/C21H20F3N3O3S/c22-21(23,24)17-5-7-18(8-6-17)31(29,30)27-12-10-26(11-13-27)14-16-4-3-15-2-1-9-25-19(15)20(16)28/h1-9,28H,10-14H2. The molecule has 0 radical (unpaired) electrons. The first-order chi connectivity index (χ1) is 14.7. The number of alkyl halides is 3. The maximum Gasteiger partial charge on any atom is 0.416 e. The molecule has 0 aliphatic carbocycles. The van der Waals surface area contributed by atoms with Gasteiger partial charge in [-0.1, -0.05) is 18.2 Å². The highest BCUT2D eigenvalue weighted by Crippen LogP contribution is 2.31. The van der Waals surface area contributed by atoms with Crippen molar-refractivity contribution in [2.24, 2.45) is 0 Å². The highest BCUT2D eigenvalue weighted by molar-refractivity contribution is 7.89. The van der Waals surface area contributed by atoms with Crippen molar-refractivity contribution in [3.63, 3.8) is 0 Å². The van der Waals surface area contributed by atoms with Crippen molar-refractivity contribution in [3.05, 3.63) is 65.9 Å². The third kappa shape index (κ3) is 4.36. The lowest BCUT2D eigenvalue weighted by Crippen LogP contribution is -2.48. The lowest BCUT2D eigenvalue weighted by Gasteiger charge is -2.34. The summed E-state index contributed by atoms with van der Waals surface area (Å²) in [4.78, 5) is 6.06. The molecule has 1 N–H and O–H groups in total. The molecule has 164 valence electrons. The molecule has 10 heteroatoms. The van der Waals surface area contributed by atoms with Gasteiger partial charge >= 0.3 is 6.18 Å². The molecule has 1 aliphatic heterocycles. The Bertz CT molecular complexity index is 1190. The number of rotatable bonds is 4. The van der Waals surface area contributed by atoms with Gasteiger partial charge in [0.2, 0.25) is 10.0 Å². The minimum Gasteiger partial charge on any atom is -0.505 e. The van der Waals surface area contributed by atoms with Crippen molar-refractivity contribution < 1.29 is 26.7 Å². The van der Waals surface area contributed by atoms with Crippen LogP contribution in [0.1, 0.15) is 11.1 Å². The predicted octanol–water partition coefficient (Wildman–Crippen LogP) is 3.47. The number of hydrogen-bond acceptors (Lipinski definition) is 5. The van der Waals surface area contributed by atoms with Crippen molar-refractivity contribution in [2.45, 2.75) is 17.6 Å². The van der Waals surface area contributed by atoms with Gasteiger partial charge in [-0.2, -0.15) is 17.5 Å². The number of sulfonamides is 1. The van der Waals surface area contributed by atoms with E-state index in [0.29, 0.717) is 30.7 Å². The maximum absolute atomic E-state index is 12.8. The van der Waals surface area contributed by atoms with Crippen LogP contribution < -0.4 is 0 Å². The van der Waals surface area contributed by atoms with Crippen LogP contribution in [0, 0.1) is 0 Å². The number of phenols is 1. The van der Waals surface area contributed by atoms with E-state index in [-0.39, 0.29) is 23.7 Å². The summed E-state index contributed by atoms with van der Waals surface area (Å²) >= 11 is 0. The van der Waals surface area contributed by atoms with E-state index in [0.717, 1.165) is 29.7 Å². The molecule has 2 aromatic carbocycles. The summed E-state index contributed by atoms with van der Waals surface area (Å²) in [5, 5.41) is 11.3.